The molecule has 1 atom stereocenters. The lowest BCUT2D eigenvalue weighted by Gasteiger charge is -2.40. The number of hydrogen-bond donors (Lipinski definition) is 1. The van der Waals surface area contributed by atoms with Crippen molar-refractivity contribution in [2.45, 2.75) is 49.3 Å². The molecule has 13 heteroatoms. The Balaban J connectivity index is 2.28. The molecule has 0 radical (unpaired) electrons. The predicted molar refractivity (Wildman–Crippen MR) is 99.5 cm³/mol. The lowest BCUT2D eigenvalue weighted by atomic mass is 9.87. The Morgan fingerprint density at radius 1 is 0.967 bits per heavy atom. The van der Waals surface area contributed by atoms with Gasteiger partial charge in [-0.2, -0.15) is 13.2 Å². The molecule has 2 aromatic rings. The first-order valence-corrected chi connectivity index (χ1v) is 11.2. The first kappa shape index (κ1) is 23.5. The van der Waals surface area contributed by atoms with Crippen LogP contribution in [0.4, 0.5) is 32.6 Å². The summed E-state index contributed by atoms with van der Waals surface area (Å²) in [5.41, 5.74) is -3.67. The lowest BCUT2D eigenvalue weighted by Crippen LogP contribution is -2.39. The predicted octanol–water partition coefficient (Wildman–Crippen LogP) is 8.09. The molecule has 1 N–H and O–H groups in total. The average molecular weight is 504 g/mol. The number of aliphatic hydroxyl groups is 1. The van der Waals surface area contributed by atoms with E-state index >= 15 is 0 Å². The molecule has 1 unspecified atom stereocenters. The van der Waals surface area contributed by atoms with Crippen LogP contribution in [-0.4, -0.2) is 15.8 Å². The Kier molecular flexibility index (Phi) is 4.86. The number of halogens is 10. The van der Waals surface area contributed by atoms with E-state index < -0.39 is 42.5 Å². The molecule has 0 bridgehead atoms. The first-order chi connectivity index (χ1) is 13.2. The van der Waals surface area contributed by atoms with E-state index in [9.17, 15) is 37.7 Å². The monoisotopic (exact) mass is 503 g/mol. The zero-order valence-electron chi connectivity index (χ0n) is 15.1. The number of benzene rings is 1. The van der Waals surface area contributed by atoms with E-state index in [-0.39, 0.29) is 41.9 Å². The second kappa shape index (κ2) is 6.20. The summed E-state index contributed by atoms with van der Waals surface area (Å²) in [5, 5.41) is 8.52. The molecule has 0 aliphatic heterocycles. The molecular weight excluding hydrogens is 489 g/mol. The quantitative estimate of drug-likeness (QED) is 0.420. The van der Waals surface area contributed by atoms with Gasteiger partial charge in [-0.05, 0) is 50.3 Å². The zero-order chi connectivity index (χ0) is 23.0. The summed E-state index contributed by atoms with van der Waals surface area (Å²) in [5.74, 6) is 0. The summed E-state index contributed by atoms with van der Waals surface area (Å²) < 4.78 is 107. The van der Waals surface area contributed by atoms with Gasteiger partial charge in [-0.25, -0.2) is 0 Å². The maximum Gasteiger partial charge on any atom is 0.421 e. The maximum atomic E-state index is 13.4. The van der Waals surface area contributed by atoms with Gasteiger partial charge in [0.05, 0.1) is 15.7 Å². The number of fused-ring (bicyclic) bond motifs is 1. The molecule has 0 fully saturated rings. The normalized spacial score (nSPS) is 19.6. The van der Waals surface area contributed by atoms with Gasteiger partial charge in [0.15, 0.2) is 5.60 Å². The third-order valence-electron chi connectivity index (χ3n) is 5.07. The van der Waals surface area contributed by atoms with Crippen molar-refractivity contribution in [1.82, 2.24) is 4.57 Å². The van der Waals surface area contributed by atoms with Gasteiger partial charge < -0.3 is 9.67 Å². The molecule has 1 heterocycles. The van der Waals surface area contributed by atoms with E-state index in [2.05, 4.69) is 0 Å². The molecule has 30 heavy (non-hydrogen) atoms. The fraction of sp³-hybridized carbons (Fsp3) is 0.412. The van der Waals surface area contributed by atoms with Crippen molar-refractivity contribution in [3.05, 3.63) is 45.2 Å². The van der Waals surface area contributed by atoms with Crippen LogP contribution in [0.15, 0.2) is 23.2 Å². The van der Waals surface area contributed by atoms with Crippen LogP contribution in [0.2, 0.25) is 10.0 Å². The molecular formula is C17H15Cl2F8NOS. The van der Waals surface area contributed by atoms with Crippen LogP contribution in [0.3, 0.4) is 0 Å². The van der Waals surface area contributed by atoms with Gasteiger partial charge in [-0.1, -0.05) is 42.6 Å². The molecule has 0 saturated carbocycles. The second-order valence-corrected chi connectivity index (χ2v) is 10.5. The third-order valence-corrected chi connectivity index (χ3v) is 6.77. The van der Waals surface area contributed by atoms with E-state index in [1.807, 2.05) is 0 Å². The van der Waals surface area contributed by atoms with Crippen LogP contribution < -0.4 is 0 Å². The number of rotatable bonds is 3. The fourth-order valence-electron chi connectivity index (χ4n) is 3.50. The minimum absolute atomic E-state index is 0.00111. The molecule has 1 aromatic carbocycles. The van der Waals surface area contributed by atoms with Crippen LogP contribution in [0.5, 0.6) is 0 Å². The Bertz CT molecular complexity index is 1000. The molecule has 1 aliphatic rings. The molecule has 2 nitrogen and oxygen atoms in total. The van der Waals surface area contributed by atoms with Gasteiger partial charge in [-0.15, -0.1) is 0 Å². The van der Waals surface area contributed by atoms with Gasteiger partial charge in [0.25, 0.3) is 0 Å². The Morgan fingerprint density at radius 3 is 1.93 bits per heavy atom. The van der Waals surface area contributed by atoms with Crippen LogP contribution >= 0.6 is 33.4 Å². The standard InChI is InChI=1S/C17H15Cl2F8NOS/c1-16(29,17(20,21)22)11-8-28(14-5-3-2-4-10(11)14)15-12(18)6-9(7-13(15)19)30(23,24,25,26)27/h6-8,29H,2-5H2,1H3. The van der Waals surface area contributed by atoms with Crippen LogP contribution in [-0.2, 0) is 18.4 Å². The van der Waals surface area contributed by atoms with Crippen molar-refractivity contribution in [1.29, 1.82) is 0 Å². The Morgan fingerprint density at radius 2 is 1.47 bits per heavy atom. The van der Waals surface area contributed by atoms with E-state index in [1.165, 1.54) is 0 Å². The fourth-order valence-corrected chi connectivity index (χ4v) is 4.98. The lowest BCUT2D eigenvalue weighted by molar-refractivity contribution is -0.259. The summed E-state index contributed by atoms with van der Waals surface area (Å²) in [6.07, 6.45) is -2.63. The van der Waals surface area contributed by atoms with Crippen molar-refractivity contribution in [2.24, 2.45) is 0 Å². The highest BCUT2D eigenvalue weighted by molar-refractivity contribution is 8.45. The van der Waals surface area contributed by atoms with E-state index in [4.69, 9.17) is 23.2 Å². The number of alkyl halides is 3. The third kappa shape index (κ3) is 4.01. The first-order valence-electron chi connectivity index (χ1n) is 8.50. The van der Waals surface area contributed by atoms with E-state index in [0.29, 0.717) is 19.8 Å². The smallest absolute Gasteiger partial charge is 0.376 e. The summed E-state index contributed by atoms with van der Waals surface area (Å²) in [7, 11) is -10.1. The minimum Gasteiger partial charge on any atom is -0.376 e. The molecule has 0 saturated heterocycles. The van der Waals surface area contributed by atoms with Crippen molar-refractivity contribution in [3.63, 3.8) is 0 Å². The Labute approximate surface area is 176 Å². The van der Waals surface area contributed by atoms with Crippen molar-refractivity contribution < 1.29 is 37.7 Å². The maximum absolute atomic E-state index is 13.4. The molecule has 3 rings (SSSR count). The van der Waals surface area contributed by atoms with Gasteiger partial charge in [0.2, 0.25) is 0 Å². The average Bonchev–Trinajstić information content (AvgIpc) is 2.91. The summed E-state index contributed by atoms with van der Waals surface area (Å²) >= 11 is 11.7. The topological polar surface area (TPSA) is 25.2 Å². The van der Waals surface area contributed by atoms with Crippen molar-refractivity contribution >= 4 is 33.4 Å². The minimum atomic E-state index is -10.1. The summed E-state index contributed by atoms with van der Waals surface area (Å²) in [4.78, 5) is -2.31. The summed E-state index contributed by atoms with van der Waals surface area (Å²) in [6, 6.07) is 0.00222. The molecule has 1 aromatic heterocycles. The highest BCUT2D eigenvalue weighted by Gasteiger charge is 2.65. The molecule has 1 aliphatic carbocycles. The Hall–Kier alpha value is -1.17. The SMILES string of the molecule is CC(O)(c1cn(-c2c(Cl)cc(S(F)(F)(F)(F)F)cc2Cl)c2c1CCCC2)C(F)(F)F. The van der Waals surface area contributed by atoms with Crippen LogP contribution in [0.25, 0.3) is 5.69 Å². The van der Waals surface area contributed by atoms with Gasteiger partial charge in [-0.3, -0.25) is 0 Å². The van der Waals surface area contributed by atoms with Crippen LogP contribution in [0.1, 0.15) is 36.6 Å². The highest BCUT2D eigenvalue weighted by atomic mass is 35.5. The molecule has 0 amide bonds. The number of hydrogen-bond acceptors (Lipinski definition) is 1. The number of aromatic nitrogens is 1. The van der Waals surface area contributed by atoms with Gasteiger partial charge in [0.1, 0.15) is 4.90 Å². The zero-order valence-corrected chi connectivity index (χ0v) is 17.5. The molecule has 170 valence electrons. The van der Waals surface area contributed by atoms with E-state index in [1.54, 1.807) is 0 Å². The number of nitrogens with zero attached hydrogens (tertiary/aromatic N) is 1. The highest BCUT2D eigenvalue weighted by Crippen LogP contribution is 3.02. The van der Waals surface area contributed by atoms with Crippen LogP contribution in [0, 0.1) is 0 Å². The van der Waals surface area contributed by atoms with Gasteiger partial charge in [0, 0.05) is 17.5 Å². The van der Waals surface area contributed by atoms with Crippen molar-refractivity contribution in [3.8, 4) is 5.69 Å². The summed E-state index contributed by atoms with van der Waals surface area (Å²) in [6.45, 7) is 0.558. The van der Waals surface area contributed by atoms with Gasteiger partial charge >= 0.3 is 16.4 Å². The molecule has 0 spiro atoms. The van der Waals surface area contributed by atoms with Crippen molar-refractivity contribution in [2.75, 3.05) is 0 Å². The van der Waals surface area contributed by atoms with E-state index in [0.717, 1.165) is 10.8 Å². The second-order valence-electron chi connectivity index (χ2n) is 7.32. The largest absolute Gasteiger partial charge is 0.421 e.